The van der Waals surface area contributed by atoms with Crippen LogP contribution in [-0.4, -0.2) is 13.8 Å². The third-order valence-electron chi connectivity index (χ3n) is 9.47. The van der Waals surface area contributed by atoms with Gasteiger partial charge in [0.15, 0.2) is 6.10 Å². The molecule has 3 nitrogen and oxygen atoms in total. The van der Waals surface area contributed by atoms with Gasteiger partial charge in [-0.2, -0.15) is 0 Å². The second kappa shape index (κ2) is 13.2. The van der Waals surface area contributed by atoms with Gasteiger partial charge in [-0.25, -0.2) is 0 Å². The fraction of sp³-hybridized carbons (Fsp3) is 0.571. The Morgan fingerprint density at radius 1 is 0.769 bits per heavy atom. The normalized spacial score (nSPS) is 26.0. The molecule has 2 atom stereocenters. The minimum atomic E-state index is -1.49. The van der Waals surface area contributed by atoms with Crippen LogP contribution in [0, 0.1) is 35.5 Å². The van der Waals surface area contributed by atoms with Crippen molar-refractivity contribution in [2.45, 2.75) is 90.7 Å². The number of rotatable bonds is 10. The quantitative estimate of drug-likeness (QED) is 0.176. The summed E-state index contributed by atoms with van der Waals surface area (Å²) < 4.78 is 13.1. The summed E-state index contributed by atoms with van der Waals surface area (Å²) in [5, 5.41) is 0. The van der Waals surface area contributed by atoms with Crippen molar-refractivity contribution >= 4 is 13.8 Å². The van der Waals surface area contributed by atoms with Crippen LogP contribution in [0.15, 0.2) is 73.0 Å². The van der Waals surface area contributed by atoms with E-state index in [9.17, 15) is 4.79 Å². The van der Waals surface area contributed by atoms with Gasteiger partial charge >= 0.3 is 5.97 Å². The van der Waals surface area contributed by atoms with Crippen LogP contribution < -0.4 is 0 Å². The van der Waals surface area contributed by atoms with Gasteiger partial charge in [0.05, 0.1) is 11.7 Å². The first kappa shape index (κ1) is 29.5. The SMILES string of the molecule is [B][C@@](OC(=O)C1CCC(C(C)C)CC1)(c1ccccc1)[C@H](OC(=C)C1CCC(C(C)C)CC1)c1ccccc1. The number of esters is 1. The van der Waals surface area contributed by atoms with E-state index in [-0.39, 0.29) is 17.8 Å². The maximum absolute atomic E-state index is 13.7. The molecule has 0 aliphatic heterocycles. The Balaban J connectivity index is 1.60. The molecule has 2 fully saturated rings. The molecule has 2 aliphatic rings. The summed E-state index contributed by atoms with van der Waals surface area (Å²) in [5.74, 6) is 3.40. The van der Waals surface area contributed by atoms with Gasteiger partial charge in [0.2, 0.25) is 0 Å². The van der Waals surface area contributed by atoms with Crippen molar-refractivity contribution in [2.75, 3.05) is 0 Å². The highest BCUT2D eigenvalue weighted by Gasteiger charge is 2.44. The average Bonchev–Trinajstić information content (AvgIpc) is 2.96. The number of allylic oxidation sites excluding steroid dienone is 1. The minimum absolute atomic E-state index is 0.141. The summed E-state index contributed by atoms with van der Waals surface area (Å²) in [6, 6.07) is 19.6. The highest BCUT2D eigenvalue weighted by Crippen LogP contribution is 2.45. The van der Waals surface area contributed by atoms with E-state index in [1.54, 1.807) is 0 Å². The molecule has 2 radical (unpaired) electrons. The number of ether oxygens (including phenoxy) is 2. The molecule has 39 heavy (non-hydrogen) atoms. The lowest BCUT2D eigenvalue weighted by Gasteiger charge is -2.42. The van der Waals surface area contributed by atoms with E-state index in [1.807, 2.05) is 60.7 Å². The van der Waals surface area contributed by atoms with E-state index in [2.05, 4.69) is 34.3 Å². The summed E-state index contributed by atoms with van der Waals surface area (Å²) >= 11 is 0. The van der Waals surface area contributed by atoms with E-state index in [1.165, 1.54) is 12.8 Å². The van der Waals surface area contributed by atoms with Crippen molar-refractivity contribution in [3.05, 3.63) is 84.1 Å². The molecule has 2 saturated carbocycles. The van der Waals surface area contributed by atoms with Gasteiger partial charge in [-0.1, -0.05) is 94.9 Å². The van der Waals surface area contributed by atoms with Crippen LogP contribution >= 0.6 is 0 Å². The molecule has 0 heterocycles. The summed E-state index contributed by atoms with van der Waals surface area (Å²) in [7, 11) is 7.21. The molecule has 0 N–H and O–H groups in total. The lowest BCUT2D eigenvalue weighted by atomic mass is 9.68. The number of benzene rings is 2. The molecule has 0 unspecified atom stereocenters. The van der Waals surface area contributed by atoms with Crippen molar-refractivity contribution in [3.63, 3.8) is 0 Å². The molecule has 0 spiro atoms. The van der Waals surface area contributed by atoms with Crippen molar-refractivity contribution in [2.24, 2.45) is 35.5 Å². The first-order valence-electron chi connectivity index (χ1n) is 15.2. The number of carbonyl (C=O) groups excluding carboxylic acids is 1. The maximum atomic E-state index is 13.7. The first-order chi connectivity index (χ1) is 18.7. The van der Waals surface area contributed by atoms with Crippen LogP contribution in [0.1, 0.15) is 96.3 Å². The zero-order valence-electron chi connectivity index (χ0n) is 24.5. The van der Waals surface area contributed by atoms with E-state index in [4.69, 9.17) is 17.3 Å². The number of hydrogen-bond acceptors (Lipinski definition) is 3. The predicted molar refractivity (Wildman–Crippen MR) is 160 cm³/mol. The third kappa shape index (κ3) is 7.18. The first-order valence-corrected chi connectivity index (χ1v) is 15.2. The van der Waals surface area contributed by atoms with E-state index >= 15 is 0 Å². The molecule has 0 aromatic heterocycles. The maximum Gasteiger partial charge on any atom is 0.309 e. The number of hydrogen-bond donors (Lipinski definition) is 0. The van der Waals surface area contributed by atoms with Gasteiger partial charge in [0.1, 0.15) is 13.3 Å². The van der Waals surface area contributed by atoms with E-state index < -0.39 is 11.6 Å². The Kier molecular flexibility index (Phi) is 10.0. The van der Waals surface area contributed by atoms with Gasteiger partial charge in [-0.15, -0.1) is 0 Å². The molecule has 0 amide bonds. The standard InChI is InChI=1S/C35H47BO3/c1-24(2)27-16-20-29(21-17-27)26(5)38-33(30-12-8-6-9-13-30)35(36,32-14-10-7-11-15-32)39-34(37)31-22-18-28(19-23-31)25(3)4/h6-15,24-25,27-29,31,33H,5,16-23H2,1-4H3/t27?,28?,29?,31?,33-,35-/m1/s1. The van der Waals surface area contributed by atoms with Crippen LogP contribution in [0.3, 0.4) is 0 Å². The molecular weight excluding hydrogens is 479 g/mol. The molecule has 2 aromatic rings. The van der Waals surface area contributed by atoms with Crippen LogP contribution in [-0.2, 0) is 19.8 Å². The Morgan fingerprint density at radius 3 is 1.72 bits per heavy atom. The Morgan fingerprint density at radius 2 is 1.23 bits per heavy atom. The fourth-order valence-corrected chi connectivity index (χ4v) is 6.62. The molecule has 0 saturated heterocycles. The Labute approximate surface area is 238 Å². The molecule has 2 aliphatic carbocycles. The summed E-state index contributed by atoms with van der Waals surface area (Å²) in [6.07, 6.45) is 7.55. The second-order valence-corrected chi connectivity index (χ2v) is 12.7. The zero-order chi connectivity index (χ0) is 28.0. The van der Waals surface area contributed by atoms with E-state index in [0.29, 0.717) is 17.8 Å². The highest BCUT2D eigenvalue weighted by atomic mass is 16.6. The molecule has 2 aromatic carbocycles. The number of carbonyl (C=O) groups is 1. The highest BCUT2D eigenvalue weighted by molar-refractivity contribution is 6.16. The summed E-state index contributed by atoms with van der Waals surface area (Å²) in [6.45, 7) is 13.6. The smallest absolute Gasteiger partial charge is 0.309 e. The molecular formula is C35H47BO3. The summed E-state index contributed by atoms with van der Waals surface area (Å²) in [4.78, 5) is 13.7. The van der Waals surface area contributed by atoms with E-state index in [0.717, 1.165) is 61.3 Å². The van der Waals surface area contributed by atoms with Gasteiger partial charge in [0, 0.05) is 5.92 Å². The lowest BCUT2D eigenvalue weighted by Crippen LogP contribution is -2.43. The van der Waals surface area contributed by atoms with Crippen LogP contribution in [0.5, 0.6) is 0 Å². The van der Waals surface area contributed by atoms with Gasteiger partial charge < -0.3 is 9.47 Å². The van der Waals surface area contributed by atoms with Gasteiger partial charge in [0.25, 0.3) is 0 Å². The molecule has 0 bridgehead atoms. The second-order valence-electron chi connectivity index (χ2n) is 12.7. The average molecular weight is 527 g/mol. The van der Waals surface area contributed by atoms with Crippen molar-refractivity contribution in [1.82, 2.24) is 0 Å². The molecule has 4 heteroatoms. The molecule has 208 valence electrons. The Bertz CT molecular complexity index is 1050. The zero-order valence-corrected chi connectivity index (χ0v) is 24.5. The van der Waals surface area contributed by atoms with Crippen molar-refractivity contribution in [1.29, 1.82) is 0 Å². The lowest BCUT2D eigenvalue weighted by molar-refractivity contribution is -0.171. The predicted octanol–water partition coefficient (Wildman–Crippen LogP) is 8.75. The fourth-order valence-electron chi connectivity index (χ4n) is 6.62. The topological polar surface area (TPSA) is 35.5 Å². The van der Waals surface area contributed by atoms with Gasteiger partial charge in [-0.3, -0.25) is 4.79 Å². The van der Waals surface area contributed by atoms with Crippen LogP contribution in [0.25, 0.3) is 0 Å². The molecule has 4 rings (SSSR count). The van der Waals surface area contributed by atoms with Gasteiger partial charge in [-0.05, 0) is 86.2 Å². The monoisotopic (exact) mass is 526 g/mol. The minimum Gasteiger partial charge on any atom is -0.487 e. The van der Waals surface area contributed by atoms with Crippen molar-refractivity contribution in [3.8, 4) is 0 Å². The third-order valence-corrected chi connectivity index (χ3v) is 9.47. The van der Waals surface area contributed by atoms with Crippen LogP contribution in [0.2, 0.25) is 0 Å². The Hall–Kier alpha value is -2.49. The largest absolute Gasteiger partial charge is 0.487 e. The summed E-state index contributed by atoms with van der Waals surface area (Å²) in [5.41, 5.74) is 0.101. The van der Waals surface area contributed by atoms with Crippen molar-refractivity contribution < 1.29 is 14.3 Å². The van der Waals surface area contributed by atoms with Crippen LogP contribution in [0.4, 0.5) is 0 Å².